The van der Waals surface area contributed by atoms with Crippen LogP contribution < -0.4 is 5.73 Å². The van der Waals surface area contributed by atoms with Gasteiger partial charge < -0.3 is 10.5 Å². The summed E-state index contributed by atoms with van der Waals surface area (Å²) >= 11 is 0. The van der Waals surface area contributed by atoms with Crippen LogP contribution in [-0.2, 0) is 4.74 Å². The number of unbranched alkanes of at least 4 members (excludes halogenated alkanes) is 1. The Labute approximate surface area is 87.2 Å². The van der Waals surface area contributed by atoms with Crippen molar-refractivity contribution in [3.8, 4) is 0 Å². The molecular formula is C12H23NO. The molecule has 82 valence electrons. The molecule has 2 bridgehead atoms. The highest BCUT2D eigenvalue weighted by molar-refractivity contribution is 4.94. The predicted molar refractivity (Wildman–Crippen MR) is 58.1 cm³/mol. The van der Waals surface area contributed by atoms with Gasteiger partial charge in [0.15, 0.2) is 0 Å². The van der Waals surface area contributed by atoms with Crippen molar-refractivity contribution < 1.29 is 4.74 Å². The number of ether oxygens (including phenoxy) is 1. The summed E-state index contributed by atoms with van der Waals surface area (Å²) in [6.07, 6.45) is 8.12. The Kier molecular flexibility index (Phi) is 3.45. The first-order valence-corrected chi connectivity index (χ1v) is 6.18. The average Bonchev–Trinajstić information content (AvgIpc) is 2.42. The minimum atomic E-state index is 0.457. The summed E-state index contributed by atoms with van der Waals surface area (Å²) in [4.78, 5) is 0. The summed E-state index contributed by atoms with van der Waals surface area (Å²) in [5.74, 6) is 1.56. The molecule has 0 aromatic rings. The van der Waals surface area contributed by atoms with Gasteiger partial charge in [-0.15, -0.1) is 0 Å². The third-order valence-electron chi connectivity index (χ3n) is 3.86. The largest absolute Gasteiger partial charge is 0.378 e. The van der Waals surface area contributed by atoms with Gasteiger partial charge in [0.1, 0.15) is 0 Å². The molecule has 14 heavy (non-hydrogen) atoms. The molecule has 0 amide bonds. The van der Waals surface area contributed by atoms with Gasteiger partial charge in [-0.25, -0.2) is 0 Å². The molecule has 2 saturated carbocycles. The molecule has 2 rings (SSSR count). The number of fused-ring (bicyclic) bond motifs is 2. The van der Waals surface area contributed by atoms with Crippen molar-refractivity contribution in [3.63, 3.8) is 0 Å². The Morgan fingerprint density at radius 1 is 1.21 bits per heavy atom. The lowest BCUT2D eigenvalue weighted by Crippen LogP contribution is -2.39. The van der Waals surface area contributed by atoms with Gasteiger partial charge in [0.25, 0.3) is 0 Å². The van der Waals surface area contributed by atoms with Crippen LogP contribution in [0.5, 0.6) is 0 Å². The van der Waals surface area contributed by atoms with Crippen LogP contribution in [0.3, 0.4) is 0 Å². The number of nitrogens with two attached hydrogens (primary N) is 1. The molecule has 4 atom stereocenters. The first-order valence-electron chi connectivity index (χ1n) is 6.18. The Morgan fingerprint density at radius 3 is 2.43 bits per heavy atom. The van der Waals surface area contributed by atoms with E-state index in [0.29, 0.717) is 12.1 Å². The SMILES string of the molecule is CCCCO[C@H]1[C@@H]2CC[C@H]1C[C@@H](N)C2. The molecule has 2 N–H and O–H groups in total. The fourth-order valence-electron chi connectivity index (χ4n) is 3.16. The highest BCUT2D eigenvalue weighted by Crippen LogP contribution is 2.43. The van der Waals surface area contributed by atoms with Gasteiger partial charge in [-0.3, -0.25) is 0 Å². The first-order chi connectivity index (χ1) is 6.81. The summed E-state index contributed by atoms with van der Waals surface area (Å²) in [6.45, 7) is 3.18. The molecule has 0 saturated heterocycles. The number of rotatable bonds is 4. The van der Waals surface area contributed by atoms with Crippen molar-refractivity contribution in [2.75, 3.05) is 6.61 Å². The van der Waals surface area contributed by atoms with E-state index in [9.17, 15) is 0 Å². The molecule has 2 heteroatoms. The van der Waals surface area contributed by atoms with Gasteiger partial charge in [0.05, 0.1) is 6.10 Å². The lowest BCUT2D eigenvalue weighted by Gasteiger charge is -2.33. The van der Waals surface area contributed by atoms with Crippen molar-refractivity contribution in [3.05, 3.63) is 0 Å². The van der Waals surface area contributed by atoms with Crippen LogP contribution in [0.4, 0.5) is 0 Å². The maximum absolute atomic E-state index is 6.02. The monoisotopic (exact) mass is 197 g/mol. The maximum Gasteiger partial charge on any atom is 0.0632 e. The summed E-state index contributed by atoms with van der Waals surface area (Å²) in [5, 5.41) is 0. The Hall–Kier alpha value is -0.0800. The lowest BCUT2D eigenvalue weighted by molar-refractivity contribution is -0.0238. The Balaban J connectivity index is 1.82. The summed E-state index contributed by atoms with van der Waals surface area (Å²) in [7, 11) is 0. The lowest BCUT2D eigenvalue weighted by atomic mass is 9.83. The molecule has 0 heterocycles. The normalized spacial score (nSPS) is 41.6. The van der Waals surface area contributed by atoms with Crippen molar-refractivity contribution in [2.45, 2.75) is 57.6 Å². The molecular weight excluding hydrogens is 174 g/mol. The van der Waals surface area contributed by atoms with E-state index in [2.05, 4.69) is 6.92 Å². The van der Waals surface area contributed by atoms with Crippen molar-refractivity contribution in [1.82, 2.24) is 0 Å². The topological polar surface area (TPSA) is 35.2 Å². The predicted octanol–water partition coefficient (Wildman–Crippen LogP) is 2.32. The van der Waals surface area contributed by atoms with Crippen LogP contribution in [-0.4, -0.2) is 18.8 Å². The van der Waals surface area contributed by atoms with Crippen LogP contribution >= 0.6 is 0 Å². The van der Waals surface area contributed by atoms with Crippen LogP contribution in [0.1, 0.15) is 45.4 Å². The Bertz CT molecular complexity index is 169. The van der Waals surface area contributed by atoms with Gasteiger partial charge in [0.2, 0.25) is 0 Å². The molecule has 2 aliphatic carbocycles. The van der Waals surface area contributed by atoms with Gasteiger partial charge in [-0.2, -0.15) is 0 Å². The zero-order chi connectivity index (χ0) is 9.97. The third kappa shape index (κ3) is 2.12. The van der Waals surface area contributed by atoms with E-state index in [-0.39, 0.29) is 0 Å². The van der Waals surface area contributed by atoms with Crippen LogP contribution in [0.2, 0.25) is 0 Å². The van der Waals surface area contributed by atoms with Gasteiger partial charge >= 0.3 is 0 Å². The maximum atomic E-state index is 6.02. The van der Waals surface area contributed by atoms with E-state index in [4.69, 9.17) is 10.5 Å². The Morgan fingerprint density at radius 2 is 1.86 bits per heavy atom. The first kappa shape index (κ1) is 10.4. The summed E-state index contributed by atoms with van der Waals surface area (Å²) in [5.41, 5.74) is 6.02. The van der Waals surface area contributed by atoms with Crippen molar-refractivity contribution in [2.24, 2.45) is 17.6 Å². The van der Waals surface area contributed by atoms with Crippen LogP contribution in [0, 0.1) is 11.8 Å². The molecule has 0 spiro atoms. The molecule has 2 nitrogen and oxygen atoms in total. The van der Waals surface area contributed by atoms with Gasteiger partial charge in [-0.1, -0.05) is 13.3 Å². The van der Waals surface area contributed by atoms with E-state index >= 15 is 0 Å². The molecule has 0 aliphatic heterocycles. The van der Waals surface area contributed by atoms with E-state index in [1.807, 2.05) is 0 Å². The second-order valence-electron chi connectivity index (χ2n) is 5.02. The van der Waals surface area contributed by atoms with Crippen LogP contribution in [0.15, 0.2) is 0 Å². The third-order valence-corrected chi connectivity index (χ3v) is 3.86. The fourth-order valence-corrected chi connectivity index (χ4v) is 3.16. The second-order valence-corrected chi connectivity index (χ2v) is 5.02. The summed E-state index contributed by atoms with van der Waals surface area (Å²) < 4.78 is 6.00. The van der Waals surface area contributed by atoms with Gasteiger partial charge in [-0.05, 0) is 43.9 Å². The molecule has 0 radical (unpaired) electrons. The van der Waals surface area contributed by atoms with Crippen molar-refractivity contribution >= 4 is 0 Å². The average molecular weight is 197 g/mol. The minimum Gasteiger partial charge on any atom is -0.378 e. The van der Waals surface area contributed by atoms with Gasteiger partial charge in [0, 0.05) is 12.6 Å². The fraction of sp³-hybridized carbons (Fsp3) is 1.00. The number of hydrogen-bond acceptors (Lipinski definition) is 2. The van der Waals surface area contributed by atoms with E-state index in [0.717, 1.165) is 18.4 Å². The zero-order valence-electron chi connectivity index (χ0n) is 9.24. The van der Waals surface area contributed by atoms with Crippen LogP contribution in [0.25, 0.3) is 0 Å². The number of hydrogen-bond donors (Lipinski definition) is 1. The summed E-state index contributed by atoms with van der Waals surface area (Å²) in [6, 6.07) is 0.457. The molecule has 2 fully saturated rings. The van der Waals surface area contributed by atoms with E-state index < -0.39 is 0 Å². The van der Waals surface area contributed by atoms with E-state index in [1.165, 1.54) is 38.5 Å². The molecule has 0 aromatic heterocycles. The molecule has 2 aliphatic rings. The highest BCUT2D eigenvalue weighted by atomic mass is 16.5. The van der Waals surface area contributed by atoms with Crippen molar-refractivity contribution in [1.29, 1.82) is 0 Å². The molecule has 0 aromatic carbocycles. The standard InChI is InChI=1S/C12H23NO/c1-2-3-6-14-12-9-4-5-10(12)8-11(13)7-9/h9-12H,2-8,13H2,1H3/t9-,10+,11+,12+. The quantitative estimate of drug-likeness (QED) is 0.702. The van der Waals surface area contributed by atoms with E-state index in [1.54, 1.807) is 0 Å². The molecule has 0 unspecified atom stereocenters. The minimum absolute atomic E-state index is 0.457. The second kappa shape index (κ2) is 4.63. The smallest absolute Gasteiger partial charge is 0.0632 e. The zero-order valence-corrected chi connectivity index (χ0v) is 9.24. The highest BCUT2D eigenvalue weighted by Gasteiger charge is 2.42.